The molecule has 1 heterocycles. The normalized spacial score (nSPS) is 16.7. The zero-order valence-electron chi connectivity index (χ0n) is 14.7. The van der Waals surface area contributed by atoms with Gasteiger partial charge in [0.25, 0.3) is 0 Å². The number of hydrogen-bond donors (Lipinski definition) is 1. The predicted molar refractivity (Wildman–Crippen MR) is 104 cm³/mol. The molecule has 0 aliphatic carbocycles. The van der Waals surface area contributed by atoms with Gasteiger partial charge in [0.05, 0.1) is 12.6 Å². The van der Waals surface area contributed by atoms with E-state index in [0.29, 0.717) is 12.3 Å². The molecule has 0 aromatic heterocycles. The van der Waals surface area contributed by atoms with Gasteiger partial charge in [-0.2, -0.15) is 0 Å². The topological polar surface area (TPSA) is 58.6 Å². The van der Waals surface area contributed by atoms with E-state index in [1.54, 1.807) is 0 Å². The maximum absolute atomic E-state index is 12.8. The van der Waals surface area contributed by atoms with E-state index in [-0.39, 0.29) is 18.4 Å². The van der Waals surface area contributed by atoms with Gasteiger partial charge in [-0.25, -0.2) is 4.79 Å². The minimum atomic E-state index is -0.490. The molecule has 5 nitrogen and oxygen atoms in total. The van der Waals surface area contributed by atoms with E-state index in [1.165, 1.54) is 4.90 Å². The van der Waals surface area contributed by atoms with Gasteiger partial charge in [0.1, 0.15) is 6.54 Å². The van der Waals surface area contributed by atoms with Gasteiger partial charge in [-0.15, -0.1) is 0 Å². The molecular formula is C20H21BrN2O3. The minimum Gasteiger partial charge on any atom is -0.449 e. The fourth-order valence-electron chi connectivity index (χ4n) is 2.96. The van der Waals surface area contributed by atoms with Crippen LogP contribution in [0.2, 0.25) is 0 Å². The molecule has 0 saturated carbocycles. The maximum Gasteiger partial charge on any atom is 0.411 e. The highest BCUT2D eigenvalue weighted by atomic mass is 79.9. The fourth-order valence-corrected chi connectivity index (χ4v) is 3.34. The van der Waals surface area contributed by atoms with Crippen molar-refractivity contribution in [1.29, 1.82) is 0 Å². The van der Waals surface area contributed by atoms with Gasteiger partial charge in [-0.1, -0.05) is 60.1 Å². The number of rotatable bonds is 3. The Bertz CT molecular complexity index is 808. The Morgan fingerprint density at radius 1 is 1.27 bits per heavy atom. The lowest BCUT2D eigenvalue weighted by Gasteiger charge is -2.30. The zero-order chi connectivity index (χ0) is 18.7. The Labute approximate surface area is 161 Å². The van der Waals surface area contributed by atoms with Gasteiger partial charge in [0.15, 0.2) is 0 Å². The third-order valence-corrected chi connectivity index (χ3v) is 4.59. The number of nitrogens with one attached hydrogen (secondary N) is 1. The van der Waals surface area contributed by atoms with Gasteiger partial charge in [0, 0.05) is 15.7 Å². The number of halogens is 1. The third kappa shape index (κ3) is 4.07. The number of carbonyl (C=O) groups excluding carboxylic acids is 2. The van der Waals surface area contributed by atoms with E-state index in [4.69, 9.17) is 4.74 Å². The van der Waals surface area contributed by atoms with E-state index in [2.05, 4.69) is 21.2 Å². The van der Waals surface area contributed by atoms with Crippen molar-refractivity contribution in [3.05, 3.63) is 64.1 Å². The van der Waals surface area contributed by atoms with Gasteiger partial charge in [-0.05, 0) is 29.7 Å². The molecule has 26 heavy (non-hydrogen) atoms. The van der Waals surface area contributed by atoms with Crippen LogP contribution in [0, 0.1) is 5.92 Å². The van der Waals surface area contributed by atoms with Crippen LogP contribution in [-0.2, 0) is 9.53 Å². The number of benzene rings is 2. The molecule has 0 spiro atoms. The van der Waals surface area contributed by atoms with Crippen LogP contribution < -0.4 is 5.32 Å². The molecule has 2 aromatic carbocycles. The monoisotopic (exact) mass is 416 g/mol. The average Bonchev–Trinajstić information content (AvgIpc) is 2.76. The first-order chi connectivity index (χ1) is 12.5. The summed E-state index contributed by atoms with van der Waals surface area (Å²) in [6.45, 7) is 4.19. The lowest BCUT2D eigenvalue weighted by atomic mass is 9.96. The van der Waals surface area contributed by atoms with Crippen LogP contribution in [-0.4, -0.2) is 30.1 Å². The van der Waals surface area contributed by atoms with Crippen molar-refractivity contribution < 1.29 is 14.3 Å². The molecule has 1 atom stereocenters. The van der Waals surface area contributed by atoms with Crippen LogP contribution in [0.15, 0.2) is 53.0 Å². The Kier molecular flexibility index (Phi) is 5.61. The molecule has 0 fully saturated rings. The number of fused-ring (bicyclic) bond motifs is 1. The molecule has 6 heteroatoms. The van der Waals surface area contributed by atoms with E-state index < -0.39 is 12.1 Å². The molecule has 1 N–H and O–H groups in total. The number of nitrogens with zero attached hydrogens (tertiary/aromatic N) is 1. The molecule has 0 saturated heterocycles. The summed E-state index contributed by atoms with van der Waals surface area (Å²) in [5.74, 6) is -0.0233. The molecule has 1 aliphatic rings. The molecular weight excluding hydrogens is 396 g/mol. The van der Waals surface area contributed by atoms with E-state index in [0.717, 1.165) is 15.6 Å². The standard InChI is InChI=1S/C20H21BrN2O3/c1-13(2)12-26-20(25)23-11-18(24)22-17-9-8-15(21)10-16(17)19(23)14-6-4-3-5-7-14/h3-10,13,19H,11-12H2,1-2H3,(H,22,24)/t19-/m1/s1. The summed E-state index contributed by atoms with van der Waals surface area (Å²) >= 11 is 3.49. The number of carbonyl (C=O) groups is 2. The first kappa shape index (κ1) is 18.5. The van der Waals surface area contributed by atoms with Crippen LogP contribution >= 0.6 is 15.9 Å². The first-order valence-electron chi connectivity index (χ1n) is 8.53. The van der Waals surface area contributed by atoms with Crippen molar-refractivity contribution in [2.45, 2.75) is 19.9 Å². The largest absolute Gasteiger partial charge is 0.449 e. The van der Waals surface area contributed by atoms with Crippen LogP contribution in [0.3, 0.4) is 0 Å². The summed E-state index contributed by atoms with van der Waals surface area (Å²) in [5, 5.41) is 2.89. The molecule has 1 aliphatic heterocycles. The van der Waals surface area contributed by atoms with Gasteiger partial charge < -0.3 is 10.1 Å². The zero-order valence-corrected chi connectivity index (χ0v) is 16.3. The van der Waals surface area contributed by atoms with Crippen LogP contribution in [0.25, 0.3) is 0 Å². The summed E-state index contributed by atoms with van der Waals surface area (Å²) in [6.07, 6.45) is -0.490. The summed E-state index contributed by atoms with van der Waals surface area (Å²) in [6, 6.07) is 14.9. The molecule has 3 rings (SSSR count). The van der Waals surface area contributed by atoms with E-state index >= 15 is 0 Å². The van der Waals surface area contributed by atoms with Crippen molar-refractivity contribution in [1.82, 2.24) is 4.90 Å². The third-order valence-electron chi connectivity index (χ3n) is 4.10. The number of ether oxygens (including phenoxy) is 1. The van der Waals surface area contributed by atoms with Crippen molar-refractivity contribution >= 4 is 33.6 Å². The highest BCUT2D eigenvalue weighted by Gasteiger charge is 2.34. The Morgan fingerprint density at radius 2 is 2.00 bits per heavy atom. The van der Waals surface area contributed by atoms with Gasteiger partial charge >= 0.3 is 6.09 Å². The number of hydrogen-bond acceptors (Lipinski definition) is 3. The van der Waals surface area contributed by atoms with Crippen molar-refractivity contribution in [3.8, 4) is 0 Å². The first-order valence-corrected chi connectivity index (χ1v) is 9.32. The molecule has 0 unspecified atom stereocenters. The van der Waals surface area contributed by atoms with Gasteiger partial charge in [0.2, 0.25) is 5.91 Å². The molecule has 2 amide bonds. The van der Waals surface area contributed by atoms with Gasteiger partial charge in [-0.3, -0.25) is 9.69 Å². The van der Waals surface area contributed by atoms with Crippen LogP contribution in [0.1, 0.15) is 31.0 Å². The molecule has 0 bridgehead atoms. The lowest BCUT2D eigenvalue weighted by Crippen LogP contribution is -2.39. The van der Waals surface area contributed by atoms with Crippen molar-refractivity contribution in [2.24, 2.45) is 5.92 Å². The number of amides is 2. The molecule has 2 aromatic rings. The summed E-state index contributed by atoms with van der Waals surface area (Å²) < 4.78 is 6.32. The molecule has 136 valence electrons. The second kappa shape index (κ2) is 7.91. The highest BCUT2D eigenvalue weighted by molar-refractivity contribution is 9.10. The highest BCUT2D eigenvalue weighted by Crippen LogP contribution is 2.37. The van der Waals surface area contributed by atoms with E-state index in [1.807, 2.05) is 62.4 Å². The summed E-state index contributed by atoms with van der Waals surface area (Å²) in [7, 11) is 0. The fraction of sp³-hybridized carbons (Fsp3) is 0.300. The second-order valence-electron chi connectivity index (χ2n) is 6.69. The predicted octanol–water partition coefficient (Wildman–Crippen LogP) is 4.59. The van der Waals surface area contributed by atoms with Crippen molar-refractivity contribution in [3.63, 3.8) is 0 Å². The van der Waals surface area contributed by atoms with Crippen molar-refractivity contribution in [2.75, 3.05) is 18.5 Å². The minimum absolute atomic E-state index is 0.0667. The molecule has 0 radical (unpaired) electrons. The van der Waals surface area contributed by atoms with Crippen LogP contribution in [0.5, 0.6) is 0 Å². The Hall–Kier alpha value is -2.34. The summed E-state index contributed by atoms with van der Waals surface area (Å²) in [4.78, 5) is 26.7. The smallest absolute Gasteiger partial charge is 0.411 e. The second-order valence-corrected chi connectivity index (χ2v) is 7.61. The summed E-state index contributed by atoms with van der Waals surface area (Å²) in [5.41, 5.74) is 2.47. The van der Waals surface area contributed by atoms with Crippen LogP contribution in [0.4, 0.5) is 10.5 Å². The average molecular weight is 417 g/mol. The maximum atomic E-state index is 12.8. The number of anilines is 1. The van der Waals surface area contributed by atoms with E-state index in [9.17, 15) is 9.59 Å². The quantitative estimate of drug-likeness (QED) is 0.795. The lowest BCUT2D eigenvalue weighted by molar-refractivity contribution is -0.117. The Balaban J connectivity index is 2.08. The SMILES string of the molecule is CC(C)COC(=O)N1CC(=O)Nc2ccc(Br)cc2[C@H]1c1ccccc1. The Morgan fingerprint density at radius 3 is 2.69 bits per heavy atom.